The molecule has 1 N–H and O–H groups in total. The molecule has 3 nitrogen and oxygen atoms in total. The molecule has 0 unspecified atom stereocenters. The first-order valence-electron chi connectivity index (χ1n) is 4.67. The van der Waals surface area contributed by atoms with E-state index in [1.54, 1.807) is 24.0 Å². The number of hydrogen-bond acceptors (Lipinski definition) is 4. The molecule has 1 aromatic carbocycles. The van der Waals surface area contributed by atoms with Gasteiger partial charge >= 0.3 is 0 Å². The third kappa shape index (κ3) is 2.87. The van der Waals surface area contributed by atoms with E-state index in [1.807, 2.05) is 24.5 Å². The molecule has 0 amide bonds. The van der Waals surface area contributed by atoms with Crippen molar-refractivity contribution in [2.45, 2.75) is 4.90 Å². The summed E-state index contributed by atoms with van der Waals surface area (Å²) in [5.41, 5.74) is 0.953. The molecular weight excluding hydrogens is 242 g/mol. The first-order valence-corrected chi connectivity index (χ1v) is 6.28. The van der Waals surface area contributed by atoms with Gasteiger partial charge in [0.05, 0.1) is 0 Å². The average molecular weight is 252 g/mol. The van der Waals surface area contributed by atoms with Gasteiger partial charge in [-0.1, -0.05) is 17.7 Å². The highest BCUT2D eigenvalue weighted by atomic mass is 35.5. The summed E-state index contributed by atoms with van der Waals surface area (Å²) in [6, 6.07) is 9.68. The van der Waals surface area contributed by atoms with Gasteiger partial charge in [-0.15, -0.1) is 11.8 Å². The van der Waals surface area contributed by atoms with Gasteiger partial charge in [-0.2, -0.15) is 0 Å². The Bertz CT molecular complexity index is 490. The van der Waals surface area contributed by atoms with Gasteiger partial charge in [0.1, 0.15) is 5.15 Å². The van der Waals surface area contributed by atoms with E-state index in [4.69, 9.17) is 11.6 Å². The van der Waals surface area contributed by atoms with Gasteiger partial charge in [0.25, 0.3) is 0 Å². The fourth-order valence-corrected chi connectivity index (χ4v) is 1.82. The Hall–Kier alpha value is -1.26. The monoisotopic (exact) mass is 251 g/mol. The standard InChI is InChI=1S/C11H10ClN3S/c1-16-9-4-2-3-8(7-9)14-11-13-6-5-10(12)15-11/h2-7H,1H3,(H,13,14,15). The minimum absolute atomic E-state index is 0.429. The van der Waals surface area contributed by atoms with E-state index in [-0.39, 0.29) is 0 Å². The molecule has 0 spiro atoms. The van der Waals surface area contributed by atoms with Gasteiger partial charge in [0.15, 0.2) is 0 Å². The molecule has 0 saturated carbocycles. The zero-order chi connectivity index (χ0) is 11.4. The second-order valence-electron chi connectivity index (χ2n) is 3.06. The lowest BCUT2D eigenvalue weighted by molar-refractivity contribution is 1.16. The second kappa shape index (κ2) is 5.18. The molecule has 0 aliphatic carbocycles. The smallest absolute Gasteiger partial charge is 0.228 e. The quantitative estimate of drug-likeness (QED) is 0.668. The van der Waals surface area contributed by atoms with E-state index in [2.05, 4.69) is 21.4 Å². The van der Waals surface area contributed by atoms with Crippen molar-refractivity contribution < 1.29 is 0 Å². The SMILES string of the molecule is CSc1cccc(Nc2nccc(Cl)n2)c1. The Morgan fingerprint density at radius 3 is 2.94 bits per heavy atom. The van der Waals surface area contributed by atoms with Gasteiger partial charge < -0.3 is 5.32 Å². The Kier molecular flexibility index (Phi) is 3.64. The summed E-state index contributed by atoms with van der Waals surface area (Å²) < 4.78 is 0. The molecule has 1 heterocycles. The maximum absolute atomic E-state index is 5.77. The molecule has 1 aromatic heterocycles. The van der Waals surface area contributed by atoms with Crippen LogP contribution in [0, 0.1) is 0 Å². The predicted octanol–water partition coefficient (Wildman–Crippen LogP) is 3.60. The third-order valence-corrected chi connectivity index (χ3v) is 2.88. The van der Waals surface area contributed by atoms with Gasteiger partial charge in [-0.25, -0.2) is 9.97 Å². The molecule has 82 valence electrons. The highest BCUT2D eigenvalue weighted by Gasteiger charge is 1.99. The number of halogens is 1. The van der Waals surface area contributed by atoms with Crippen molar-refractivity contribution in [2.75, 3.05) is 11.6 Å². The zero-order valence-electron chi connectivity index (χ0n) is 8.64. The van der Waals surface area contributed by atoms with E-state index >= 15 is 0 Å². The summed E-state index contributed by atoms with van der Waals surface area (Å²) in [5, 5.41) is 3.53. The Morgan fingerprint density at radius 2 is 2.19 bits per heavy atom. The summed E-state index contributed by atoms with van der Waals surface area (Å²) in [4.78, 5) is 9.32. The third-order valence-electron chi connectivity index (χ3n) is 1.95. The van der Waals surface area contributed by atoms with Crippen LogP contribution in [-0.4, -0.2) is 16.2 Å². The van der Waals surface area contributed by atoms with Crippen LogP contribution in [0.2, 0.25) is 5.15 Å². The summed E-state index contributed by atoms with van der Waals surface area (Å²) in [7, 11) is 0. The van der Waals surface area contributed by atoms with Crippen LogP contribution < -0.4 is 5.32 Å². The molecular formula is C11H10ClN3S. The van der Waals surface area contributed by atoms with Crippen LogP contribution in [0.5, 0.6) is 0 Å². The van der Waals surface area contributed by atoms with Gasteiger partial charge in [0.2, 0.25) is 5.95 Å². The first kappa shape index (κ1) is 11.2. The average Bonchev–Trinajstić information content (AvgIpc) is 2.29. The van der Waals surface area contributed by atoms with Crippen LogP contribution in [0.25, 0.3) is 0 Å². The number of aromatic nitrogens is 2. The van der Waals surface area contributed by atoms with Gasteiger partial charge in [-0.05, 0) is 30.5 Å². The van der Waals surface area contributed by atoms with Crippen molar-refractivity contribution in [3.05, 3.63) is 41.7 Å². The lowest BCUT2D eigenvalue weighted by Gasteiger charge is -2.05. The lowest BCUT2D eigenvalue weighted by atomic mass is 10.3. The fraction of sp³-hybridized carbons (Fsp3) is 0.0909. The van der Waals surface area contributed by atoms with Crippen molar-refractivity contribution in [1.29, 1.82) is 0 Å². The summed E-state index contributed by atoms with van der Waals surface area (Å²) >= 11 is 7.46. The van der Waals surface area contributed by atoms with Crippen molar-refractivity contribution in [1.82, 2.24) is 9.97 Å². The van der Waals surface area contributed by atoms with Crippen LogP contribution in [0.4, 0.5) is 11.6 Å². The Balaban J connectivity index is 2.20. The number of rotatable bonds is 3. The van der Waals surface area contributed by atoms with Crippen molar-refractivity contribution in [3.8, 4) is 0 Å². The number of thioether (sulfide) groups is 1. The van der Waals surface area contributed by atoms with Crippen molar-refractivity contribution in [2.24, 2.45) is 0 Å². The fourth-order valence-electron chi connectivity index (χ4n) is 1.23. The molecule has 0 saturated heterocycles. The Morgan fingerprint density at radius 1 is 1.31 bits per heavy atom. The molecule has 16 heavy (non-hydrogen) atoms. The molecule has 0 aliphatic heterocycles. The molecule has 0 aliphatic rings. The number of benzene rings is 1. The summed E-state index contributed by atoms with van der Waals surface area (Å²) in [6.07, 6.45) is 3.66. The minimum atomic E-state index is 0.429. The molecule has 2 rings (SSSR count). The normalized spacial score (nSPS) is 10.1. The molecule has 0 bridgehead atoms. The van der Waals surface area contributed by atoms with Crippen molar-refractivity contribution >= 4 is 35.0 Å². The van der Waals surface area contributed by atoms with Crippen LogP contribution in [0.15, 0.2) is 41.4 Å². The van der Waals surface area contributed by atoms with Gasteiger partial charge in [0, 0.05) is 16.8 Å². The number of anilines is 2. The van der Waals surface area contributed by atoms with Crippen LogP contribution >= 0.6 is 23.4 Å². The number of nitrogens with one attached hydrogen (secondary N) is 1. The lowest BCUT2D eigenvalue weighted by Crippen LogP contribution is -1.96. The molecule has 0 atom stereocenters. The summed E-state index contributed by atoms with van der Waals surface area (Å²) in [5.74, 6) is 0.505. The highest BCUT2D eigenvalue weighted by Crippen LogP contribution is 2.21. The maximum atomic E-state index is 5.77. The molecule has 0 fully saturated rings. The Labute approximate surface area is 103 Å². The van der Waals surface area contributed by atoms with E-state index in [0.29, 0.717) is 11.1 Å². The van der Waals surface area contributed by atoms with E-state index in [9.17, 15) is 0 Å². The van der Waals surface area contributed by atoms with Crippen LogP contribution in [0.1, 0.15) is 0 Å². The largest absolute Gasteiger partial charge is 0.324 e. The molecule has 5 heteroatoms. The van der Waals surface area contributed by atoms with Crippen LogP contribution in [-0.2, 0) is 0 Å². The van der Waals surface area contributed by atoms with E-state index in [0.717, 1.165) is 5.69 Å². The second-order valence-corrected chi connectivity index (χ2v) is 4.33. The summed E-state index contributed by atoms with van der Waals surface area (Å²) in [6.45, 7) is 0. The topological polar surface area (TPSA) is 37.8 Å². The van der Waals surface area contributed by atoms with E-state index < -0.39 is 0 Å². The van der Waals surface area contributed by atoms with Crippen LogP contribution in [0.3, 0.4) is 0 Å². The molecule has 2 aromatic rings. The molecule has 0 radical (unpaired) electrons. The minimum Gasteiger partial charge on any atom is -0.324 e. The number of hydrogen-bond donors (Lipinski definition) is 1. The van der Waals surface area contributed by atoms with Crippen molar-refractivity contribution in [3.63, 3.8) is 0 Å². The predicted molar refractivity (Wildman–Crippen MR) is 68.5 cm³/mol. The maximum Gasteiger partial charge on any atom is 0.228 e. The van der Waals surface area contributed by atoms with E-state index in [1.165, 1.54) is 4.90 Å². The zero-order valence-corrected chi connectivity index (χ0v) is 10.2. The van der Waals surface area contributed by atoms with Gasteiger partial charge in [-0.3, -0.25) is 0 Å². The number of nitrogens with zero attached hydrogens (tertiary/aromatic N) is 2. The first-order chi connectivity index (χ1) is 7.78. The highest BCUT2D eigenvalue weighted by molar-refractivity contribution is 7.98.